The summed E-state index contributed by atoms with van der Waals surface area (Å²) in [6, 6.07) is 9.27. The maximum absolute atomic E-state index is 13.6. The van der Waals surface area contributed by atoms with Crippen LogP contribution in [0.15, 0.2) is 42.5 Å². The summed E-state index contributed by atoms with van der Waals surface area (Å²) in [7, 11) is 0. The number of carbonyl (C=O) groups excluding carboxylic acids is 2. The number of amides is 1. The monoisotopic (exact) mass is 353 g/mol. The molecule has 1 N–H and O–H groups in total. The molecule has 0 spiro atoms. The highest BCUT2D eigenvalue weighted by molar-refractivity contribution is 6.30. The lowest BCUT2D eigenvalue weighted by Crippen LogP contribution is -2.30. The first-order chi connectivity index (χ1) is 11.3. The molecule has 1 unspecified atom stereocenters. The van der Waals surface area contributed by atoms with Gasteiger partial charge in [0, 0.05) is 5.02 Å². The van der Waals surface area contributed by atoms with Gasteiger partial charge in [-0.1, -0.05) is 23.7 Å². The molecule has 7 heteroatoms. The van der Waals surface area contributed by atoms with Crippen LogP contribution in [-0.2, 0) is 20.7 Å². The molecule has 0 heterocycles. The van der Waals surface area contributed by atoms with E-state index in [1.807, 2.05) is 0 Å². The van der Waals surface area contributed by atoms with Crippen LogP contribution in [0.3, 0.4) is 0 Å². The lowest BCUT2D eigenvalue weighted by molar-refractivity contribution is -0.152. The van der Waals surface area contributed by atoms with Crippen molar-refractivity contribution in [1.29, 1.82) is 0 Å². The Bertz CT molecular complexity index is 767. The average Bonchev–Trinajstić information content (AvgIpc) is 2.49. The fraction of sp³-hybridized carbons (Fsp3) is 0.176. The molecule has 0 aromatic heterocycles. The van der Waals surface area contributed by atoms with Gasteiger partial charge in [-0.3, -0.25) is 9.59 Å². The summed E-state index contributed by atoms with van der Waals surface area (Å²) < 4.78 is 31.6. The van der Waals surface area contributed by atoms with Gasteiger partial charge in [-0.05, 0) is 42.8 Å². The molecule has 24 heavy (non-hydrogen) atoms. The lowest BCUT2D eigenvalue weighted by Gasteiger charge is -2.14. The van der Waals surface area contributed by atoms with Crippen LogP contribution in [0.1, 0.15) is 12.5 Å². The Kier molecular flexibility index (Phi) is 5.87. The van der Waals surface area contributed by atoms with Crippen molar-refractivity contribution < 1.29 is 23.1 Å². The van der Waals surface area contributed by atoms with Crippen molar-refractivity contribution in [3.63, 3.8) is 0 Å². The van der Waals surface area contributed by atoms with Crippen LogP contribution in [0.5, 0.6) is 0 Å². The average molecular weight is 354 g/mol. The number of ether oxygens (including phenoxy) is 1. The Morgan fingerprint density at radius 2 is 1.96 bits per heavy atom. The molecule has 2 aromatic rings. The van der Waals surface area contributed by atoms with Gasteiger partial charge in [-0.25, -0.2) is 8.78 Å². The lowest BCUT2D eigenvalue weighted by atomic mass is 10.1. The minimum absolute atomic E-state index is 0.0718. The molecule has 0 aliphatic heterocycles. The molecule has 0 bridgehead atoms. The summed E-state index contributed by atoms with van der Waals surface area (Å²) in [5.74, 6) is -2.55. The summed E-state index contributed by atoms with van der Waals surface area (Å²) in [5, 5.41) is 2.50. The smallest absolute Gasteiger partial charge is 0.311 e. The fourth-order valence-corrected chi connectivity index (χ4v) is 2.09. The Labute approximate surface area is 142 Å². The third kappa shape index (κ3) is 5.03. The van der Waals surface area contributed by atoms with Gasteiger partial charge in [0.25, 0.3) is 5.91 Å². The van der Waals surface area contributed by atoms with E-state index in [-0.39, 0.29) is 17.1 Å². The van der Waals surface area contributed by atoms with Gasteiger partial charge >= 0.3 is 5.97 Å². The van der Waals surface area contributed by atoms with Gasteiger partial charge in [-0.2, -0.15) is 0 Å². The molecule has 1 amide bonds. The van der Waals surface area contributed by atoms with Crippen molar-refractivity contribution in [2.24, 2.45) is 0 Å². The number of hydrogen-bond donors (Lipinski definition) is 1. The molecule has 4 nitrogen and oxygen atoms in total. The largest absolute Gasteiger partial charge is 0.452 e. The molecule has 2 aromatic carbocycles. The number of anilines is 1. The number of halogens is 3. The van der Waals surface area contributed by atoms with Gasteiger partial charge in [-0.15, -0.1) is 0 Å². The van der Waals surface area contributed by atoms with Crippen LogP contribution < -0.4 is 5.32 Å². The zero-order chi connectivity index (χ0) is 17.7. The van der Waals surface area contributed by atoms with Crippen molar-refractivity contribution in [2.45, 2.75) is 19.4 Å². The highest BCUT2D eigenvalue weighted by Crippen LogP contribution is 2.19. The van der Waals surface area contributed by atoms with Gasteiger partial charge < -0.3 is 10.1 Å². The quantitative estimate of drug-likeness (QED) is 0.833. The summed E-state index contributed by atoms with van der Waals surface area (Å²) in [4.78, 5) is 23.7. The van der Waals surface area contributed by atoms with Crippen LogP contribution in [0.2, 0.25) is 5.02 Å². The SMILES string of the molecule is CC(OC(=O)Cc1cccc(F)c1)C(=O)Nc1ccc(Cl)cc1F. The van der Waals surface area contributed by atoms with E-state index in [0.717, 1.165) is 6.07 Å². The van der Waals surface area contributed by atoms with E-state index in [1.54, 1.807) is 6.07 Å². The zero-order valence-corrected chi connectivity index (χ0v) is 13.4. The minimum Gasteiger partial charge on any atom is -0.452 e. The van der Waals surface area contributed by atoms with Gasteiger partial charge in [0.05, 0.1) is 12.1 Å². The van der Waals surface area contributed by atoms with Crippen molar-refractivity contribution in [2.75, 3.05) is 5.32 Å². The second-order valence-corrected chi connectivity index (χ2v) is 5.49. The molecule has 0 radical (unpaired) electrons. The highest BCUT2D eigenvalue weighted by atomic mass is 35.5. The molecule has 1 atom stereocenters. The van der Waals surface area contributed by atoms with E-state index in [0.29, 0.717) is 5.56 Å². The topological polar surface area (TPSA) is 55.4 Å². The van der Waals surface area contributed by atoms with Gasteiger partial charge in [0.1, 0.15) is 11.6 Å². The molecule has 2 rings (SSSR count). The third-order valence-corrected chi connectivity index (χ3v) is 3.34. The van der Waals surface area contributed by atoms with E-state index in [4.69, 9.17) is 16.3 Å². The van der Waals surface area contributed by atoms with Crippen molar-refractivity contribution in [3.05, 3.63) is 64.7 Å². The van der Waals surface area contributed by atoms with Crippen LogP contribution in [0, 0.1) is 11.6 Å². The fourth-order valence-electron chi connectivity index (χ4n) is 1.93. The molecular formula is C17H14ClF2NO3. The summed E-state index contributed by atoms with van der Waals surface area (Å²) in [6.07, 6.45) is -1.31. The second kappa shape index (κ2) is 7.88. The molecule has 0 aliphatic rings. The van der Waals surface area contributed by atoms with Crippen LogP contribution in [0.4, 0.5) is 14.5 Å². The van der Waals surface area contributed by atoms with Crippen molar-refractivity contribution in [3.8, 4) is 0 Å². The van der Waals surface area contributed by atoms with Crippen LogP contribution in [0.25, 0.3) is 0 Å². The van der Waals surface area contributed by atoms with Crippen molar-refractivity contribution >= 4 is 29.2 Å². The molecule has 0 saturated heterocycles. The van der Waals surface area contributed by atoms with Gasteiger partial charge in [0.2, 0.25) is 0 Å². The Balaban J connectivity index is 1.92. The Hall–Kier alpha value is -2.47. The van der Waals surface area contributed by atoms with E-state index in [1.165, 1.54) is 37.3 Å². The predicted molar refractivity (Wildman–Crippen MR) is 85.7 cm³/mol. The van der Waals surface area contributed by atoms with Crippen LogP contribution >= 0.6 is 11.6 Å². The Morgan fingerprint density at radius 1 is 1.21 bits per heavy atom. The first kappa shape index (κ1) is 17.9. The first-order valence-electron chi connectivity index (χ1n) is 7.05. The van der Waals surface area contributed by atoms with Gasteiger partial charge in [0.15, 0.2) is 6.10 Å². The summed E-state index contributed by atoms with van der Waals surface area (Å²) >= 11 is 5.62. The number of rotatable bonds is 5. The summed E-state index contributed by atoms with van der Waals surface area (Å²) in [6.45, 7) is 1.35. The first-order valence-corrected chi connectivity index (χ1v) is 7.43. The molecular weight excluding hydrogens is 340 g/mol. The number of benzene rings is 2. The highest BCUT2D eigenvalue weighted by Gasteiger charge is 2.19. The number of carbonyl (C=O) groups is 2. The normalized spacial score (nSPS) is 11.7. The number of nitrogens with one attached hydrogen (secondary N) is 1. The molecule has 0 aliphatic carbocycles. The third-order valence-electron chi connectivity index (χ3n) is 3.10. The van der Waals surface area contributed by atoms with E-state index in [9.17, 15) is 18.4 Å². The number of hydrogen-bond acceptors (Lipinski definition) is 3. The second-order valence-electron chi connectivity index (χ2n) is 5.05. The summed E-state index contributed by atoms with van der Waals surface area (Å²) in [5.41, 5.74) is 0.355. The molecule has 126 valence electrons. The van der Waals surface area contributed by atoms with Crippen LogP contribution in [-0.4, -0.2) is 18.0 Å². The van der Waals surface area contributed by atoms with E-state index >= 15 is 0 Å². The minimum atomic E-state index is -1.14. The van der Waals surface area contributed by atoms with E-state index < -0.39 is 29.6 Å². The maximum atomic E-state index is 13.6. The van der Waals surface area contributed by atoms with Crippen molar-refractivity contribution in [1.82, 2.24) is 0 Å². The zero-order valence-electron chi connectivity index (χ0n) is 12.7. The molecule has 0 saturated carbocycles. The standard InChI is InChI=1S/C17H14ClF2NO3/c1-10(17(23)21-15-6-5-12(18)9-14(15)20)24-16(22)8-11-3-2-4-13(19)7-11/h2-7,9-10H,8H2,1H3,(H,21,23). The maximum Gasteiger partial charge on any atom is 0.311 e. The van der Waals surface area contributed by atoms with E-state index in [2.05, 4.69) is 5.32 Å². The Morgan fingerprint density at radius 3 is 2.62 bits per heavy atom. The molecule has 0 fully saturated rings. The predicted octanol–water partition coefficient (Wildman–Crippen LogP) is 3.73. The number of esters is 1.